The number of esters is 1. The molecule has 0 aromatic heterocycles. The number of fused-ring (bicyclic) bond motifs is 2. The van der Waals surface area contributed by atoms with Crippen molar-refractivity contribution >= 4 is 18.2 Å². The largest absolute Gasteiger partial charge is 0.496 e. The predicted octanol–water partition coefficient (Wildman–Crippen LogP) is 4.46. The Morgan fingerprint density at radius 2 is 1.71 bits per heavy atom. The minimum Gasteiger partial charge on any atom is -0.496 e. The van der Waals surface area contributed by atoms with Gasteiger partial charge in [0.25, 0.3) is 5.91 Å². The summed E-state index contributed by atoms with van der Waals surface area (Å²) in [6.07, 6.45) is 6.04. The van der Waals surface area contributed by atoms with Gasteiger partial charge in [0, 0.05) is 18.0 Å². The highest BCUT2D eigenvalue weighted by Crippen LogP contribution is 2.48. The zero-order valence-corrected chi connectivity index (χ0v) is 21.0. The van der Waals surface area contributed by atoms with Gasteiger partial charge >= 0.3 is 5.97 Å². The maximum atomic E-state index is 14.8. The number of benzene rings is 1. The Bertz CT molecular complexity index is 965. The molecule has 0 heterocycles. The molecule has 0 radical (unpaired) electrons. The van der Waals surface area contributed by atoms with E-state index in [4.69, 9.17) is 14.2 Å². The normalized spacial score (nSPS) is 30.0. The van der Waals surface area contributed by atoms with Crippen molar-refractivity contribution in [3.63, 3.8) is 0 Å². The van der Waals surface area contributed by atoms with E-state index in [1.807, 2.05) is 20.8 Å². The monoisotopic (exact) mass is 489 g/mol. The van der Waals surface area contributed by atoms with Gasteiger partial charge < -0.3 is 24.3 Å². The van der Waals surface area contributed by atoms with Crippen LogP contribution in [0.3, 0.4) is 0 Å². The second-order valence-electron chi connectivity index (χ2n) is 11.2. The fourth-order valence-corrected chi connectivity index (χ4v) is 5.93. The number of amides is 1. The molecular formula is C27H36FNO6. The van der Waals surface area contributed by atoms with Crippen LogP contribution < -0.4 is 14.8 Å². The quantitative estimate of drug-likeness (QED) is 0.449. The van der Waals surface area contributed by atoms with Crippen molar-refractivity contribution in [1.82, 2.24) is 5.32 Å². The van der Waals surface area contributed by atoms with Crippen LogP contribution in [0, 0.1) is 29.5 Å². The first-order valence-electron chi connectivity index (χ1n) is 12.6. The lowest BCUT2D eigenvalue weighted by Crippen LogP contribution is -2.44. The van der Waals surface area contributed by atoms with Crippen molar-refractivity contribution in [3.05, 3.63) is 23.5 Å². The van der Waals surface area contributed by atoms with Crippen LogP contribution in [-0.2, 0) is 14.3 Å². The second-order valence-corrected chi connectivity index (χ2v) is 11.2. The molecule has 4 rings (SSSR count). The Labute approximate surface area is 206 Å². The summed E-state index contributed by atoms with van der Waals surface area (Å²) in [7, 11) is 1.38. The molecule has 1 aromatic carbocycles. The molecule has 7 nitrogen and oxygen atoms in total. The van der Waals surface area contributed by atoms with Crippen molar-refractivity contribution in [2.45, 2.75) is 83.5 Å². The molecule has 0 spiro atoms. The summed E-state index contributed by atoms with van der Waals surface area (Å²) in [5.74, 6) is -0.871. The molecule has 0 aliphatic heterocycles. The van der Waals surface area contributed by atoms with Crippen LogP contribution in [0.1, 0.15) is 76.1 Å². The highest BCUT2D eigenvalue weighted by atomic mass is 19.1. The van der Waals surface area contributed by atoms with E-state index in [0.717, 1.165) is 31.6 Å². The SMILES string of the molecule is COc1cc(F)c(O[C@H]2CC[C@@H](C(=O)OC(C)(C)C)CC2)cc1C(=O)N[C@@H]1[C@H]2CC[C@H](C2)[C@@H]1C=O. The van der Waals surface area contributed by atoms with E-state index in [-0.39, 0.29) is 47.0 Å². The zero-order chi connectivity index (χ0) is 25.3. The Hall–Kier alpha value is -2.64. The molecule has 2 bridgehead atoms. The maximum absolute atomic E-state index is 14.8. The van der Waals surface area contributed by atoms with E-state index in [1.165, 1.54) is 13.2 Å². The fourth-order valence-electron chi connectivity index (χ4n) is 5.93. The predicted molar refractivity (Wildman–Crippen MR) is 127 cm³/mol. The Balaban J connectivity index is 1.42. The summed E-state index contributed by atoms with van der Waals surface area (Å²) in [6, 6.07) is 2.34. The lowest BCUT2D eigenvalue weighted by molar-refractivity contribution is -0.161. The van der Waals surface area contributed by atoms with Crippen molar-refractivity contribution in [2.24, 2.45) is 23.7 Å². The number of nitrogens with one attached hydrogen (secondary N) is 1. The first-order valence-corrected chi connectivity index (χ1v) is 12.6. The Morgan fingerprint density at radius 1 is 1.03 bits per heavy atom. The molecule has 8 heteroatoms. The van der Waals surface area contributed by atoms with Gasteiger partial charge in [0.05, 0.1) is 24.7 Å². The van der Waals surface area contributed by atoms with Crippen LogP contribution >= 0.6 is 0 Å². The Morgan fingerprint density at radius 3 is 2.34 bits per heavy atom. The molecule has 1 amide bonds. The highest BCUT2D eigenvalue weighted by molar-refractivity contribution is 5.97. The van der Waals surface area contributed by atoms with Crippen LogP contribution in [0.25, 0.3) is 0 Å². The third-order valence-corrected chi connectivity index (χ3v) is 7.64. The number of hydrogen-bond acceptors (Lipinski definition) is 6. The number of rotatable bonds is 7. The Kier molecular flexibility index (Phi) is 7.38. The number of halogens is 1. The molecule has 3 aliphatic rings. The fraction of sp³-hybridized carbons (Fsp3) is 0.667. The van der Waals surface area contributed by atoms with Gasteiger partial charge in [-0.05, 0) is 83.6 Å². The minimum absolute atomic E-state index is 0.0171. The first-order chi connectivity index (χ1) is 16.6. The molecule has 4 atom stereocenters. The molecule has 0 saturated heterocycles. The average molecular weight is 490 g/mol. The molecule has 1 aromatic rings. The van der Waals surface area contributed by atoms with Crippen LogP contribution in [0.2, 0.25) is 0 Å². The third-order valence-electron chi connectivity index (χ3n) is 7.64. The van der Waals surface area contributed by atoms with Gasteiger partial charge in [0.15, 0.2) is 11.6 Å². The molecule has 1 N–H and O–H groups in total. The summed E-state index contributed by atoms with van der Waals surface area (Å²) >= 11 is 0. The van der Waals surface area contributed by atoms with Crippen molar-refractivity contribution in [2.75, 3.05) is 7.11 Å². The second kappa shape index (κ2) is 10.2. The van der Waals surface area contributed by atoms with Crippen LogP contribution in [0.5, 0.6) is 11.5 Å². The van der Waals surface area contributed by atoms with Gasteiger partial charge in [-0.3, -0.25) is 9.59 Å². The topological polar surface area (TPSA) is 90.9 Å². The molecule has 0 unspecified atom stereocenters. The standard InChI is InChI=1S/C27H36FNO6/c1-27(2,3)35-26(32)15-7-9-18(10-8-15)34-23-12-19(22(33-4)13-21(23)28)25(31)29-24-17-6-5-16(11-17)20(24)14-30/h12-18,20,24H,5-11H2,1-4H3,(H,29,31)/t15-,16-,17+,18+,20+,24-/m1/s1. The van der Waals surface area contributed by atoms with Crippen molar-refractivity contribution in [1.29, 1.82) is 0 Å². The lowest BCUT2D eigenvalue weighted by Gasteiger charge is -2.30. The average Bonchev–Trinajstić information content (AvgIpc) is 3.41. The van der Waals surface area contributed by atoms with Gasteiger partial charge in [0.2, 0.25) is 0 Å². The number of ether oxygens (including phenoxy) is 3. The molecule has 192 valence electrons. The van der Waals surface area contributed by atoms with E-state index in [9.17, 15) is 18.8 Å². The number of carbonyl (C=O) groups excluding carboxylic acids is 3. The van der Waals surface area contributed by atoms with E-state index in [2.05, 4.69) is 5.32 Å². The summed E-state index contributed by atoms with van der Waals surface area (Å²) in [6.45, 7) is 5.53. The van der Waals surface area contributed by atoms with E-state index in [0.29, 0.717) is 37.5 Å². The number of methoxy groups -OCH3 is 1. The summed E-state index contributed by atoms with van der Waals surface area (Å²) in [5.41, 5.74) is -0.351. The summed E-state index contributed by atoms with van der Waals surface area (Å²) in [4.78, 5) is 37.2. The first kappa shape index (κ1) is 25.5. The molecular weight excluding hydrogens is 453 g/mol. The van der Waals surface area contributed by atoms with Crippen LogP contribution in [0.15, 0.2) is 12.1 Å². The minimum atomic E-state index is -0.613. The number of carbonyl (C=O) groups is 3. The van der Waals surface area contributed by atoms with Gasteiger partial charge in [0.1, 0.15) is 17.6 Å². The lowest BCUT2D eigenvalue weighted by atomic mass is 9.85. The van der Waals surface area contributed by atoms with E-state index >= 15 is 0 Å². The number of hydrogen-bond donors (Lipinski definition) is 1. The molecule has 3 aliphatic carbocycles. The van der Waals surface area contributed by atoms with Gasteiger partial charge in [-0.1, -0.05) is 0 Å². The highest BCUT2D eigenvalue weighted by Gasteiger charge is 2.48. The van der Waals surface area contributed by atoms with Crippen molar-refractivity contribution < 1.29 is 33.0 Å². The van der Waals surface area contributed by atoms with E-state index < -0.39 is 17.3 Å². The molecule has 3 fully saturated rings. The van der Waals surface area contributed by atoms with E-state index in [1.54, 1.807) is 0 Å². The third kappa shape index (κ3) is 5.62. The van der Waals surface area contributed by atoms with Gasteiger partial charge in [-0.15, -0.1) is 0 Å². The van der Waals surface area contributed by atoms with Gasteiger partial charge in [-0.25, -0.2) is 4.39 Å². The maximum Gasteiger partial charge on any atom is 0.309 e. The summed E-state index contributed by atoms with van der Waals surface area (Å²) < 4.78 is 31.5. The van der Waals surface area contributed by atoms with Crippen LogP contribution in [0.4, 0.5) is 4.39 Å². The number of aldehydes is 1. The van der Waals surface area contributed by atoms with Gasteiger partial charge in [-0.2, -0.15) is 0 Å². The zero-order valence-electron chi connectivity index (χ0n) is 21.0. The summed E-state index contributed by atoms with van der Waals surface area (Å²) in [5, 5.41) is 3.01. The van der Waals surface area contributed by atoms with Crippen LogP contribution in [-0.4, -0.2) is 43.0 Å². The smallest absolute Gasteiger partial charge is 0.309 e. The molecule has 35 heavy (non-hydrogen) atoms. The molecule has 3 saturated carbocycles. The van der Waals surface area contributed by atoms with Crippen molar-refractivity contribution in [3.8, 4) is 11.5 Å².